The van der Waals surface area contributed by atoms with E-state index in [0.29, 0.717) is 5.88 Å². The standard InChI is InChI=1S/C8H14N2O/c1-2-3-4-5-7-6-8(9)11-10-7/h6H,2-5,9H2,1H3. The van der Waals surface area contributed by atoms with E-state index in [1.807, 2.05) is 0 Å². The molecular formula is C8H14N2O. The number of aryl methyl sites for hydroxylation is 1. The number of nitrogen functional groups attached to an aromatic ring is 1. The molecule has 0 saturated heterocycles. The quantitative estimate of drug-likeness (QED) is 0.675. The predicted octanol–water partition coefficient (Wildman–Crippen LogP) is 1.99. The summed E-state index contributed by atoms with van der Waals surface area (Å²) in [5, 5.41) is 3.79. The highest BCUT2D eigenvalue weighted by Gasteiger charge is 1.98. The van der Waals surface area contributed by atoms with Crippen LogP contribution in [0.15, 0.2) is 10.6 Å². The van der Waals surface area contributed by atoms with E-state index in [9.17, 15) is 0 Å². The Bertz CT molecular complexity index is 208. The van der Waals surface area contributed by atoms with Crippen molar-refractivity contribution < 1.29 is 4.52 Å². The van der Waals surface area contributed by atoms with Gasteiger partial charge in [-0.2, -0.15) is 0 Å². The fourth-order valence-electron chi connectivity index (χ4n) is 1.00. The molecule has 0 radical (unpaired) electrons. The van der Waals surface area contributed by atoms with Gasteiger partial charge in [0.1, 0.15) is 0 Å². The van der Waals surface area contributed by atoms with E-state index in [0.717, 1.165) is 12.1 Å². The van der Waals surface area contributed by atoms with Crippen LogP contribution in [0.1, 0.15) is 31.9 Å². The van der Waals surface area contributed by atoms with Crippen molar-refractivity contribution in [3.8, 4) is 0 Å². The molecule has 1 aromatic rings. The molecule has 2 N–H and O–H groups in total. The van der Waals surface area contributed by atoms with Crippen LogP contribution in [0.2, 0.25) is 0 Å². The van der Waals surface area contributed by atoms with E-state index in [1.54, 1.807) is 6.07 Å². The van der Waals surface area contributed by atoms with Crippen LogP contribution < -0.4 is 5.73 Å². The van der Waals surface area contributed by atoms with Gasteiger partial charge < -0.3 is 10.3 Å². The number of anilines is 1. The van der Waals surface area contributed by atoms with Gasteiger partial charge in [0.25, 0.3) is 0 Å². The third-order valence-corrected chi connectivity index (χ3v) is 1.61. The second kappa shape index (κ2) is 4.01. The van der Waals surface area contributed by atoms with Gasteiger partial charge in [0, 0.05) is 6.07 Å². The number of unbranched alkanes of at least 4 members (excludes halogenated alkanes) is 2. The summed E-state index contributed by atoms with van der Waals surface area (Å²) in [5.74, 6) is 0.413. The lowest BCUT2D eigenvalue weighted by Crippen LogP contribution is -1.84. The van der Waals surface area contributed by atoms with Gasteiger partial charge in [0.2, 0.25) is 5.88 Å². The van der Waals surface area contributed by atoms with E-state index < -0.39 is 0 Å². The molecule has 0 fully saturated rings. The van der Waals surface area contributed by atoms with Crippen LogP contribution in [0.4, 0.5) is 5.88 Å². The molecule has 0 unspecified atom stereocenters. The zero-order chi connectivity index (χ0) is 8.10. The average molecular weight is 154 g/mol. The number of nitrogens with two attached hydrogens (primary N) is 1. The lowest BCUT2D eigenvalue weighted by Gasteiger charge is -1.91. The van der Waals surface area contributed by atoms with Crippen LogP contribution in [-0.4, -0.2) is 5.16 Å². The molecule has 1 aromatic heterocycles. The van der Waals surface area contributed by atoms with E-state index in [2.05, 4.69) is 12.1 Å². The van der Waals surface area contributed by atoms with Crippen LogP contribution in [-0.2, 0) is 6.42 Å². The third-order valence-electron chi connectivity index (χ3n) is 1.61. The van der Waals surface area contributed by atoms with E-state index >= 15 is 0 Å². The van der Waals surface area contributed by atoms with Crippen LogP contribution in [0.5, 0.6) is 0 Å². The van der Waals surface area contributed by atoms with E-state index in [1.165, 1.54) is 19.3 Å². The first-order valence-electron chi connectivity index (χ1n) is 4.04. The molecule has 3 heteroatoms. The Balaban J connectivity index is 2.27. The van der Waals surface area contributed by atoms with Crippen LogP contribution in [0.25, 0.3) is 0 Å². The van der Waals surface area contributed by atoms with Gasteiger partial charge in [-0.05, 0) is 12.8 Å². The Kier molecular flexibility index (Phi) is 2.95. The zero-order valence-corrected chi connectivity index (χ0v) is 6.84. The van der Waals surface area contributed by atoms with Crippen molar-refractivity contribution in [2.24, 2.45) is 0 Å². The molecule has 0 bridgehead atoms. The van der Waals surface area contributed by atoms with Crippen molar-refractivity contribution >= 4 is 5.88 Å². The van der Waals surface area contributed by atoms with Gasteiger partial charge in [-0.15, -0.1) is 0 Å². The predicted molar refractivity (Wildman–Crippen MR) is 44.1 cm³/mol. The van der Waals surface area contributed by atoms with E-state index in [-0.39, 0.29) is 0 Å². The SMILES string of the molecule is CCCCCc1cc(N)on1. The van der Waals surface area contributed by atoms with Crippen LogP contribution in [0.3, 0.4) is 0 Å². The fraction of sp³-hybridized carbons (Fsp3) is 0.625. The Morgan fingerprint density at radius 2 is 2.36 bits per heavy atom. The number of nitrogens with zero attached hydrogens (tertiary/aromatic N) is 1. The minimum absolute atomic E-state index is 0.413. The lowest BCUT2D eigenvalue weighted by molar-refractivity contribution is 0.426. The molecule has 0 aliphatic rings. The fourth-order valence-corrected chi connectivity index (χ4v) is 1.00. The summed E-state index contributed by atoms with van der Waals surface area (Å²) in [7, 11) is 0. The normalized spacial score (nSPS) is 10.3. The Morgan fingerprint density at radius 1 is 1.55 bits per heavy atom. The Labute approximate surface area is 66.6 Å². The third kappa shape index (κ3) is 2.62. The molecule has 0 saturated carbocycles. The first-order chi connectivity index (χ1) is 5.33. The molecule has 0 amide bonds. The maximum Gasteiger partial charge on any atom is 0.222 e. The summed E-state index contributed by atoms with van der Waals surface area (Å²) < 4.78 is 4.72. The van der Waals surface area contributed by atoms with Crippen LogP contribution in [0, 0.1) is 0 Å². The number of hydrogen-bond donors (Lipinski definition) is 1. The number of rotatable bonds is 4. The van der Waals surface area contributed by atoms with Crippen LogP contribution >= 0.6 is 0 Å². The molecule has 0 aliphatic carbocycles. The minimum Gasteiger partial charge on any atom is -0.368 e. The van der Waals surface area contributed by atoms with Crippen molar-refractivity contribution in [2.75, 3.05) is 5.73 Å². The highest BCUT2D eigenvalue weighted by atomic mass is 16.5. The first kappa shape index (κ1) is 8.11. The van der Waals surface area contributed by atoms with Crippen molar-refractivity contribution in [2.45, 2.75) is 32.6 Å². The smallest absolute Gasteiger partial charge is 0.222 e. The summed E-state index contributed by atoms with van der Waals surface area (Å²) in [6.07, 6.45) is 4.62. The molecule has 3 nitrogen and oxygen atoms in total. The number of hydrogen-bond acceptors (Lipinski definition) is 3. The molecule has 0 aliphatic heterocycles. The Hall–Kier alpha value is -0.990. The van der Waals surface area contributed by atoms with Gasteiger partial charge >= 0.3 is 0 Å². The van der Waals surface area contributed by atoms with Crippen molar-refractivity contribution in [1.29, 1.82) is 0 Å². The van der Waals surface area contributed by atoms with Crippen molar-refractivity contribution in [1.82, 2.24) is 5.16 Å². The summed E-state index contributed by atoms with van der Waals surface area (Å²) in [6, 6.07) is 1.79. The maximum atomic E-state index is 5.35. The average Bonchev–Trinajstić information content (AvgIpc) is 2.37. The molecule has 0 aromatic carbocycles. The maximum absolute atomic E-state index is 5.35. The second-order valence-electron chi connectivity index (χ2n) is 2.68. The van der Waals surface area contributed by atoms with E-state index in [4.69, 9.17) is 10.3 Å². The van der Waals surface area contributed by atoms with Gasteiger partial charge in [-0.25, -0.2) is 0 Å². The zero-order valence-electron chi connectivity index (χ0n) is 6.84. The monoisotopic (exact) mass is 154 g/mol. The molecule has 62 valence electrons. The van der Waals surface area contributed by atoms with Gasteiger partial charge in [0.15, 0.2) is 0 Å². The molecule has 11 heavy (non-hydrogen) atoms. The topological polar surface area (TPSA) is 52.0 Å². The second-order valence-corrected chi connectivity index (χ2v) is 2.68. The summed E-state index contributed by atoms with van der Waals surface area (Å²) >= 11 is 0. The largest absolute Gasteiger partial charge is 0.368 e. The summed E-state index contributed by atoms with van der Waals surface area (Å²) in [5.41, 5.74) is 6.32. The highest BCUT2D eigenvalue weighted by Crippen LogP contribution is 2.08. The summed E-state index contributed by atoms with van der Waals surface area (Å²) in [6.45, 7) is 2.18. The Morgan fingerprint density at radius 3 is 2.91 bits per heavy atom. The minimum atomic E-state index is 0.413. The van der Waals surface area contributed by atoms with Gasteiger partial charge in [0.05, 0.1) is 5.69 Å². The van der Waals surface area contributed by atoms with Crippen molar-refractivity contribution in [3.05, 3.63) is 11.8 Å². The lowest BCUT2D eigenvalue weighted by atomic mass is 10.2. The molecule has 0 spiro atoms. The van der Waals surface area contributed by atoms with Crippen molar-refractivity contribution in [3.63, 3.8) is 0 Å². The molecule has 1 rings (SSSR count). The molecular weight excluding hydrogens is 140 g/mol. The molecule has 0 atom stereocenters. The summed E-state index contributed by atoms with van der Waals surface area (Å²) in [4.78, 5) is 0. The molecule has 1 heterocycles. The first-order valence-corrected chi connectivity index (χ1v) is 4.04. The number of aromatic nitrogens is 1. The highest BCUT2D eigenvalue weighted by molar-refractivity contribution is 5.24. The van der Waals surface area contributed by atoms with Gasteiger partial charge in [-0.3, -0.25) is 0 Å². The van der Waals surface area contributed by atoms with Gasteiger partial charge in [-0.1, -0.05) is 24.9 Å².